The number of rotatable bonds is 0. The summed E-state index contributed by atoms with van der Waals surface area (Å²) in [5, 5.41) is 11.0. The maximum Gasteiger partial charge on any atom is 0.138 e. The molecule has 16 heavy (non-hydrogen) atoms. The van der Waals surface area contributed by atoms with Crippen LogP contribution >= 0.6 is 0 Å². The van der Waals surface area contributed by atoms with Gasteiger partial charge in [0, 0.05) is 10.9 Å². The topological polar surface area (TPSA) is 33.1 Å². The van der Waals surface area contributed by atoms with E-state index in [0.717, 1.165) is 16.5 Å². The average Bonchev–Trinajstić information content (AvgIpc) is 2.16. The zero-order chi connectivity index (χ0) is 11.9. The number of hydrogen-bond acceptors (Lipinski definition) is 2. The molecule has 1 aromatic carbocycles. The maximum atomic E-state index is 9.95. The monoisotopic (exact) mass is 215 g/mol. The molecule has 0 radical (unpaired) electrons. The lowest BCUT2D eigenvalue weighted by Crippen LogP contribution is -2.12. The molecule has 2 rings (SSSR count). The minimum Gasteiger partial charge on any atom is -0.506 e. The van der Waals surface area contributed by atoms with Crippen LogP contribution in [0, 0.1) is 6.92 Å². The van der Waals surface area contributed by atoms with Gasteiger partial charge in [-0.2, -0.15) is 0 Å². The second-order valence-electron chi connectivity index (χ2n) is 5.29. The number of fused-ring (bicyclic) bond motifs is 1. The van der Waals surface area contributed by atoms with Gasteiger partial charge in [0.1, 0.15) is 5.75 Å². The molecule has 2 nitrogen and oxygen atoms in total. The van der Waals surface area contributed by atoms with Gasteiger partial charge in [-0.05, 0) is 24.0 Å². The van der Waals surface area contributed by atoms with E-state index in [-0.39, 0.29) is 11.2 Å². The number of benzene rings is 1. The number of aryl methyl sites for hydroxylation is 1. The van der Waals surface area contributed by atoms with Gasteiger partial charge in [0.25, 0.3) is 0 Å². The summed E-state index contributed by atoms with van der Waals surface area (Å²) in [6.07, 6.45) is 1.54. The predicted octanol–water partition coefficient (Wildman–Crippen LogP) is 3.55. The van der Waals surface area contributed by atoms with Gasteiger partial charge in [0.05, 0.1) is 11.7 Å². The standard InChI is InChI=1S/C14H17NO/c1-9-5-6-10-11(7-9)15-8-12(16)13(10)14(2,3)4/h5-8,16H,1-4H3. The zero-order valence-corrected chi connectivity index (χ0v) is 10.2. The van der Waals surface area contributed by atoms with Crippen LogP contribution in [0.3, 0.4) is 0 Å². The van der Waals surface area contributed by atoms with E-state index in [1.54, 1.807) is 6.20 Å². The van der Waals surface area contributed by atoms with Crippen molar-refractivity contribution in [2.24, 2.45) is 0 Å². The Balaban J connectivity index is 2.85. The van der Waals surface area contributed by atoms with E-state index < -0.39 is 0 Å². The largest absolute Gasteiger partial charge is 0.506 e. The first-order valence-electron chi connectivity index (χ1n) is 5.48. The maximum absolute atomic E-state index is 9.95. The molecule has 0 aliphatic rings. The molecule has 0 aliphatic carbocycles. The van der Waals surface area contributed by atoms with Crippen molar-refractivity contribution in [2.75, 3.05) is 0 Å². The lowest BCUT2D eigenvalue weighted by atomic mass is 9.84. The van der Waals surface area contributed by atoms with Gasteiger partial charge < -0.3 is 5.11 Å². The van der Waals surface area contributed by atoms with E-state index in [9.17, 15) is 5.11 Å². The Kier molecular flexibility index (Phi) is 2.38. The van der Waals surface area contributed by atoms with Crippen LogP contribution in [0.2, 0.25) is 0 Å². The molecular formula is C14H17NO. The molecule has 0 bridgehead atoms. The minimum atomic E-state index is -0.0828. The molecule has 0 saturated carbocycles. The summed E-state index contributed by atoms with van der Waals surface area (Å²) in [7, 11) is 0. The smallest absolute Gasteiger partial charge is 0.138 e. The molecule has 2 aromatic rings. The third kappa shape index (κ3) is 1.75. The van der Waals surface area contributed by atoms with E-state index in [4.69, 9.17) is 0 Å². The number of pyridine rings is 1. The van der Waals surface area contributed by atoms with E-state index >= 15 is 0 Å². The molecule has 0 amide bonds. The lowest BCUT2D eigenvalue weighted by molar-refractivity contribution is 0.447. The highest BCUT2D eigenvalue weighted by Gasteiger charge is 2.21. The van der Waals surface area contributed by atoms with E-state index in [1.165, 1.54) is 5.56 Å². The molecule has 1 N–H and O–H groups in total. The van der Waals surface area contributed by atoms with Gasteiger partial charge >= 0.3 is 0 Å². The molecule has 0 aliphatic heterocycles. The molecule has 1 heterocycles. The second kappa shape index (κ2) is 3.48. The first-order valence-corrected chi connectivity index (χ1v) is 5.48. The fourth-order valence-electron chi connectivity index (χ4n) is 2.08. The van der Waals surface area contributed by atoms with Crippen molar-refractivity contribution in [2.45, 2.75) is 33.1 Å². The van der Waals surface area contributed by atoms with Gasteiger partial charge in [-0.3, -0.25) is 4.98 Å². The van der Waals surface area contributed by atoms with Crippen molar-refractivity contribution in [1.82, 2.24) is 4.98 Å². The van der Waals surface area contributed by atoms with E-state index in [1.807, 2.05) is 19.1 Å². The highest BCUT2D eigenvalue weighted by atomic mass is 16.3. The molecule has 0 saturated heterocycles. The Morgan fingerprint density at radius 1 is 1.19 bits per heavy atom. The SMILES string of the molecule is Cc1ccc2c(C(C)(C)C)c(O)cnc2c1. The summed E-state index contributed by atoms with van der Waals surface area (Å²) in [6.45, 7) is 8.34. The van der Waals surface area contributed by atoms with Gasteiger partial charge in [0.15, 0.2) is 0 Å². The summed E-state index contributed by atoms with van der Waals surface area (Å²) >= 11 is 0. The summed E-state index contributed by atoms with van der Waals surface area (Å²) in [5.41, 5.74) is 3.02. The van der Waals surface area contributed by atoms with E-state index in [2.05, 4.69) is 31.8 Å². The quantitative estimate of drug-likeness (QED) is 0.729. The Labute approximate surface area is 96.0 Å². The van der Waals surface area contributed by atoms with Gasteiger partial charge in [-0.1, -0.05) is 32.9 Å². The second-order valence-corrected chi connectivity index (χ2v) is 5.29. The number of aromatic nitrogens is 1. The first kappa shape index (κ1) is 10.9. The fourth-order valence-corrected chi connectivity index (χ4v) is 2.08. The summed E-state index contributed by atoms with van der Waals surface area (Å²) in [6, 6.07) is 6.14. The van der Waals surface area contributed by atoms with Crippen LogP contribution in [0.1, 0.15) is 31.9 Å². The van der Waals surface area contributed by atoms with Gasteiger partial charge in [-0.15, -0.1) is 0 Å². The number of nitrogens with zero attached hydrogens (tertiary/aromatic N) is 1. The Morgan fingerprint density at radius 3 is 2.50 bits per heavy atom. The molecule has 0 unspecified atom stereocenters. The summed E-state index contributed by atoms with van der Waals surface area (Å²) < 4.78 is 0. The Morgan fingerprint density at radius 2 is 1.88 bits per heavy atom. The molecule has 0 fully saturated rings. The molecule has 1 aromatic heterocycles. The first-order chi connectivity index (χ1) is 7.39. The van der Waals surface area contributed by atoms with Crippen molar-refractivity contribution >= 4 is 10.9 Å². The lowest BCUT2D eigenvalue weighted by Gasteiger charge is -2.22. The predicted molar refractivity (Wildman–Crippen MR) is 66.8 cm³/mol. The van der Waals surface area contributed by atoms with Crippen molar-refractivity contribution in [3.63, 3.8) is 0 Å². The molecular weight excluding hydrogens is 198 g/mol. The van der Waals surface area contributed by atoms with Crippen LogP contribution in [0.5, 0.6) is 5.75 Å². The molecule has 0 atom stereocenters. The molecule has 84 valence electrons. The normalized spacial score (nSPS) is 12.0. The highest BCUT2D eigenvalue weighted by Crippen LogP contribution is 2.35. The van der Waals surface area contributed by atoms with E-state index in [0.29, 0.717) is 0 Å². The summed E-state index contributed by atoms with van der Waals surface area (Å²) in [5.74, 6) is 0.281. The fraction of sp³-hybridized carbons (Fsp3) is 0.357. The van der Waals surface area contributed by atoms with Crippen LogP contribution in [-0.2, 0) is 5.41 Å². The van der Waals surface area contributed by atoms with Crippen LogP contribution in [0.15, 0.2) is 24.4 Å². The average molecular weight is 215 g/mol. The van der Waals surface area contributed by atoms with Crippen molar-refractivity contribution in [3.8, 4) is 5.75 Å². The minimum absolute atomic E-state index is 0.0828. The number of hydrogen-bond donors (Lipinski definition) is 1. The van der Waals surface area contributed by atoms with Crippen molar-refractivity contribution in [1.29, 1.82) is 0 Å². The summed E-state index contributed by atoms with van der Waals surface area (Å²) in [4.78, 5) is 4.27. The zero-order valence-electron chi connectivity index (χ0n) is 10.2. The molecule has 2 heteroatoms. The highest BCUT2D eigenvalue weighted by molar-refractivity contribution is 5.85. The number of aromatic hydroxyl groups is 1. The van der Waals surface area contributed by atoms with Gasteiger partial charge in [-0.25, -0.2) is 0 Å². The Bertz CT molecular complexity index is 538. The third-order valence-corrected chi connectivity index (χ3v) is 2.75. The van der Waals surface area contributed by atoms with Crippen LogP contribution < -0.4 is 0 Å². The van der Waals surface area contributed by atoms with Crippen LogP contribution in [-0.4, -0.2) is 10.1 Å². The Hall–Kier alpha value is -1.57. The van der Waals surface area contributed by atoms with Crippen molar-refractivity contribution in [3.05, 3.63) is 35.5 Å². The van der Waals surface area contributed by atoms with Crippen LogP contribution in [0.4, 0.5) is 0 Å². The third-order valence-electron chi connectivity index (χ3n) is 2.75. The molecule has 0 spiro atoms. The van der Waals surface area contributed by atoms with Gasteiger partial charge in [0.2, 0.25) is 0 Å². The van der Waals surface area contributed by atoms with Crippen molar-refractivity contribution < 1.29 is 5.11 Å². The van der Waals surface area contributed by atoms with Crippen LogP contribution in [0.25, 0.3) is 10.9 Å².